The molecular formula is C16H14ClN3O2. The number of methoxy groups -OCH3 is 1. The summed E-state index contributed by atoms with van der Waals surface area (Å²) in [4.78, 5) is 0. The maximum Gasteiger partial charge on any atom is 0.247 e. The minimum Gasteiger partial charge on any atom is -0.497 e. The van der Waals surface area contributed by atoms with Crippen LogP contribution in [0.3, 0.4) is 0 Å². The van der Waals surface area contributed by atoms with Crippen LogP contribution in [0.25, 0.3) is 11.5 Å². The largest absolute Gasteiger partial charge is 0.497 e. The molecule has 6 heteroatoms. The molecule has 0 saturated heterocycles. The lowest BCUT2D eigenvalue weighted by Gasteiger charge is -2.05. The second-order valence-corrected chi connectivity index (χ2v) is 5.03. The van der Waals surface area contributed by atoms with Crippen LogP contribution in [0, 0.1) is 0 Å². The van der Waals surface area contributed by atoms with Gasteiger partial charge < -0.3 is 14.5 Å². The second kappa shape index (κ2) is 6.49. The summed E-state index contributed by atoms with van der Waals surface area (Å²) in [6.45, 7) is 0.438. The van der Waals surface area contributed by atoms with E-state index >= 15 is 0 Å². The van der Waals surface area contributed by atoms with Crippen molar-refractivity contribution >= 4 is 17.3 Å². The van der Waals surface area contributed by atoms with E-state index in [2.05, 4.69) is 15.5 Å². The molecule has 1 N–H and O–H groups in total. The van der Waals surface area contributed by atoms with E-state index in [1.165, 1.54) is 0 Å². The maximum atomic E-state index is 5.86. The van der Waals surface area contributed by atoms with Crippen molar-refractivity contribution in [2.45, 2.75) is 6.54 Å². The molecule has 3 aromatic rings. The van der Waals surface area contributed by atoms with Gasteiger partial charge in [-0.25, -0.2) is 0 Å². The van der Waals surface area contributed by atoms with Gasteiger partial charge in [-0.2, -0.15) is 0 Å². The number of anilines is 1. The van der Waals surface area contributed by atoms with E-state index in [4.69, 9.17) is 20.8 Å². The molecule has 0 aliphatic carbocycles. The van der Waals surface area contributed by atoms with Gasteiger partial charge >= 0.3 is 0 Å². The topological polar surface area (TPSA) is 60.2 Å². The molecule has 22 heavy (non-hydrogen) atoms. The van der Waals surface area contributed by atoms with Crippen molar-refractivity contribution < 1.29 is 9.15 Å². The molecular weight excluding hydrogens is 302 g/mol. The summed E-state index contributed by atoms with van der Waals surface area (Å²) in [5.41, 5.74) is 1.76. The van der Waals surface area contributed by atoms with Gasteiger partial charge in [0.25, 0.3) is 0 Å². The van der Waals surface area contributed by atoms with Gasteiger partial charge in [-0.3, -0.25) is 0 Å². The zero-order valence-corrected chi connectivity index (χ0v) is 12.7. The van der Waals surface area contributed by atoms with Gasteiger partial charge in [0.1, 0.15) is 5.75 Å². The fourth-order valence-corrected chi connectivity index (χ4v) is 2.07. The molecule has 5 nitrogen and oxygen atoms in total. The Labute approximate surface area is 132 Å². The van der Waals surface area contributed by atoms with Gasteiger partial charge in [0.2, 0.25) is 11.8 Å². The lowest BCUT2D eigenvalue weighted by Crippen LogP contribution is -1.99. The second-order valence-electron chi connectivity index (χ2n) is 4.59. The number of hydrogen-bond acceptors (Lipinski definition) is 5. The van der Waals surface area contributed by atoms with Crippen LogP contribution in [0.2, 0.25) is 5.02 Å². The molecule has 1 aromatic heterocycles. The first kappa shape index (κ1) is 14.4. The Morgan fingerprint density at radius 2 is 1.95 bits per heavy atom. The number of nitrogens with one attached hydrogen (secondary N) is 1. The molecule has 2 aromatic carbocycles. The number of nitrogens with zero attached hydrogens (tertiary/aromatic N) is 2. The third-order valence-electron chi connectivity index (χ3n) is 3.07. The molecule has 0 aliphatic heterocycles. The van der Waals surface area contributed by atoms with E-state index in [1.54, 1.807) is 19.2 Å². The van der Waals surface area contributed by atoms with Crippen LogP contribution in [-0.2, 0) is 6.54 Å². The maximum absolute atomic E-state index is 5.86. The number of halogens is 1. The van der Waals surface area contributed by atoms with Crippen molar-refractivity contribution in [3.8, 4) is 17.2 Å². The summed E-state index contributed by atoms with van der Waals surface area (Å²) in [5.74, 6) is 1.77. The molecule has 0 unspecified atom stereocenters. The Hall–Kier alpha value is -2.53. The van der Waals surface area contributed by atoms with E-state index in [0.717, 1.165) is 17.0 Å². The molecule has 1 heterocycles. The van der Waals surface area contributed by atoms with Crippen molar-refractivity contribution in [2.24, 2.45) is 0 Å². The highest BCUT2D eigenvalue weighted by Gasteiger charge is 2.08. The molecule has 0 radical (unpaired) electrons. The molecule has 0 amide bonds. The first-order valence-electron chi connectivity index (χ1n) is 6.71. The van der Waals surface area contributed by atoms with E-state index in [0.29, 0.717) is 23.3 Å². The zero-order valence-electron chi connectivity index (χ0n) is 11.9. The normalized spacial score (nSPS) is 10.5. The van der Waals surface area contributed by atoms with Crippen LogP contribution in [0.5, 0.6) is 5.75 Å². The highest BCUT2D eigenvalue weighted by Crippen LogP contribution is 2.21. The predicted octanol–water partition coefficient (Wildman–Crippen LogP) is 4.01. The Morgan fingerprint density at radius 3 is 2.73 bits per heavy atom. The summed E-state index contributed by atoms with van der Waals surface area (Å²) in [6, 6.07) is 14.9. The van der Waals surface area contributed by atoms with Gasteiger partial charge in [-0.05, 0) is 36.4 Å². The number of hydrogen-bond donors (Lipinski definition) is 1. The third kappa shape index (κ3) is 3.38. The van der Waals surface area contributed by atoms with Crippen LogP contribution in [0.15, 0.2) is 52.9 Å². The first-order chi connectivity index (χ1) is 10.7. The molecule has 112 valence electrons. The average molecular weight is 316 g/mol. The van der Waals surface area contributed by atoms with E-state index in [9.17, 15) is 0 Å². The van der Waals surface area contributed by atoms with E-state index in [1.807, 2.05) is 36.4 Å². The Balaban J connectivity index is 1.67. The number of ether oxygens (including phenoxy) is 1. The van der Waals surface area contributed by atoms with Gasteiger partial charge in [0, 0.05) is 22.3 Å². The molecule has 0 fully saturated rings. The third-order valence-corrected chi connectivity index (χ3v) is 3.32. The minimum atomic E-state index is 0.438. The number of rotatable bonds is 5. The SMILES string of the molecule is COc1cccc(NCc2nnc(-c3ccc(Cl)cc3)o2)c1. The van der Waals surface area contributed by atoms with Gasteiger partial charge in [-0.1, -0.05) is 17.7 Å². The molecule has 0 atom stereocenters. The van der Waals surface area contributed by atoms with Gasteiger partial charge in [0.05, 0.1) is 13.7 Å². The van der Waals surface area contributed by atoms with Gasteiger partial charge in [-0.15, -0.1) is 10.2 Å². The van der Waals surface area contributed by atoms with Crippen molar-refractivity contribution in [1.29, 1.82) is 0 Å². The highest BCUT2D eigenvalue weighted by molar-refractivity contribution is 6.30. The average Bonchev–Trinajstić information content (AvgIpc) is 3.03. The van der Waals surface area contributed by atoms with Crippen LogP contribution in [0.1, 0.15) is 5.89 Å². The zero-order chi connectivity index (χ0) is 15.4. The number of aromatic nitrogens is 2. The standard InChI is InChI=1S/C16H14ClN3O2/c1-21-14-4-2-3-13(9-14)18-10-15-19-20-16(22-15)11-5-7-12(17)8-6-11/h2-9,18H,10H2,1H3. The lowest BCUT2D eigenvalue weighted by molar-refractivity contribution is 0.415. The van der Waals surface area contributed by atoms with Crippen LogP contribution >= 0.6 is 11.6 Å². The van der Waals surface area contributed by atoms with Crippen molar-refractivity contribution in [3.63, 3.8) is 0 Å². The fraction of sp³-hybridized carbons (Fsp3) is 0.125. The minimum absolute atomic E-state index is 0.438. The smallest absolute Gasteiger partial charge is 0.247 e. The van der Waals surface area contributed by atoms with Crippen LogP contribution in [-0.4, -0.2) is 17.3 Å². The molecule has 0 bridgehead atoms. The van der Waals surface area contributed by atoms with Gasteiger partial charge in [0.15, 0.2) is 0 Å². The van der Waals surface area contributed by atoms with Crippen molar-refractivity contribution in [2.75, 3.05) is 12.4 Å². The molecule has 3 rings (SSSR count). The highest BCUT2D eigenvalue weighted by atomic mass is 35.5. The lowest BCUT2D eigenvalue weighted by atomic mass is 10.2. The summed E-state index contributed by atoms with van der Waals surface area (Å²) in [7, 11) is 1.63. The molecule has 0 saturated carbocycles. The summed E-state index contributed by atoms with van der Waals surface area (Å²) < 4.78 is 10.8. The Bertz CT molecular complexity index is 756. The van der Waals surface area contributed by atoms with Crippen LogP contribution < -0.4 is 10.1 Å². The van der Waals surface area contributed by atoms with Crippen molar-refractivity contribution in [3.05, 3.63) is 59.4 Å². The molecule has 0 aliphatic rings. The summed E-state index contributed by atoms with van der Waals surface area (Å²) in [5, 5.41) is 11.9. The van der Waals surface area contributed by atoms with E-state index < -0.39 is 0 Å². The Kier molecular flexibility index (Phi) is 4.25. The van der Waals surface area contributed by atoms with Crippen molar-refractivity contribution in [1.82, 2.24) is 10.2 Å². The monoisotopic (exact) mass is 315 g/mol. The quantitative estimate of drug-likeness (QED) is 0.770. The van der Waals surface area contributed by atoms with Crippen LogP contribution in [0.4, 0.5) is 5.69 Å². The Morgan fingerprint density at radius 1 is 1.14 bits per heavy atom. The summed E-state index contributed by atoms with van der Waals surface area (Å²) >= 11 is 5.86. The first-order valence-corrected chi connectivity index (χ1v) is 7.08. The van der Waals surface area contributed by atoms with E-state index in [-0.39, 0.29) is 0 Å². The molecule has 0 spiro atoms. The fourth-order valence-electron chi connectivity index (χ4n) is 1.94. The predicted molar refractivity (Wildman–Crippen MR) is 85.1 cm³/mol. The number of benzene rings is 2. The summed E-state index contributed by atoms with van der Waals surface area (Å²) in [6.07, 6.45) is 0.